The van der Waals surface area contributed by atoms with Gasteiger partial charge in [0.15, 0.2) is 6.10 Å². The van der Waals surface area contributed by atoms with Gasteiger partial charge in [-0.2, -0.15) is 0 Å². The normalized spacial score (nSPS) is 16.8. The van der Waals surface area contributed by atoms with Crippen LogP contribution in [0.5, 0.6) is 0 Å². The van der Waals surface area contributed by atoms with Gasteiger partial charge < -0.3 is 14.9 Å². The number of amides is 1. The van der Waals surface area contributed by atoms with E-state index in [9.17, 15) is 9.59 Å². The molecule has 1 heterocycles. The quantitative estimate of drug-likeness (QED) is 0.796. The van der Waals surface area contributed by atoms with E-state index in [0.717, 1.165) is 16.7 Å². The van der Waals surface area contributed by atoms with Gasteiger partial charge in [0.05, 0.1) is 19.6 Å². The molecule has 0 aliphatic carbocycles. The molecular formula is C21H22N2O4. The van der Waals surface area contributed by atoms with E-state index in [1.165, 1.54) is 7.11 Å². The molecule has 1 aliphatic heterocycles. The fourth-order valence-electron chi connectivity index (χ4n) is 2.90. The molecule has 1 N–H and O–H groups in total. The number of nitrogens with zero attached hydrogens (tertiary/aromatic N) is 1. The second kappa shape index (κ2) is 8.49. The van der Waals surface area contributed by atoms with Gasteiger partial charge in [-0.25, -0.2) is 0 Å². The Bertz CT molecular complexity index is 831. The van der Waals surface area contributed by atoms with Gasteiger partial charge in [0.25, 0.3) is 5.91 Å². The summed E-state index contributed by atoms with van der Waals surface area (Å²) in [6.07, 6.45) is 0.154. The highest BCUT2D eigenvalue weighted by Crippen LogP contribution is 2.27. The summed E-state index contributed by atoms with van der Waals surface area (Å²) in [4.78, 5) is 29.9. The first-order chi connectivity index (χ1) is 13.1. The lowest BCUT2D eigenvalue weighted by atomic mass is 10.0. The summed E-state index contributed by atoms with van der Waals surface area (Å²) in [5.74, 6) is -0.740. The summed E-state index contributed by atoms with van der Waals surface area (Å²) in [6, 6.07) is 16.8. The number of carbonyl (C=O) groups excluding carboxylic acids is 2. The van der Waals surface area contributed by atoms with Crippen molar-refractivity contribution in [2.24, 2.45) is 5.16 Å². The van der Waals surface area contributed by atoms with Crippen molar-refractivity contribution in [1.82, 2.24) is 5.32 Å². The Labute approximate surface area is 158 Å². The molecule has 1 aliphatic rings. The summed E-state index contributed by atoms with van der Waals surface area (Å²) >= 11 is 0. The van der Waals surface area contributed by atoms with Gasteiger partial charge in [0, 0.05) is 6.42 Å². The zero-order valence-corrected chi connectivity index (χ0v) is 15.3. The van der Waals surface area contributed by atoms with Gasteiger partial charge in [0.1, 0.15) is 5.71 Å². The monoisotopic (exact) mass is 366 g/mol. The number of benzene rings is 2. The molecule has 2 unspecified atom stereocenters. The van der Waals surface area contributed by atoms with Crippen molar-refractivity contribution >= 4 is 17.6 Å². The molecule has 6 nitrogen and oxygen atoms in total. The summed E-state index contributed by atoms with van der Waals surface area (Å²) < 4.78 is 4.76. The Morgan fingerprint density at radius 1 is 1.19 bits per heavy atom. The number of oxime groups is 1. The van der Waals surface area contributed by atoms with Crippen molar-refractivity contribution in [3.05, 3.63) is 71.3 Å². The molecule has 6 heteroatoms. The van der Waals surface area contributed by atoms with E-state index in [1.807, 2.05) is 61.5 Å². The Balaban J connectivity index is 1.69. The molecule has 1 amide bonds. The highest BCUT2D eigenvalue weighted by molar-refractivity contribution is 6.39. The maximum Gasteiger partial charge on any atom is 0.307 e. The van der Waals surface area contributed by atoms with Crippen molar-refractivity contribution < 1.29 is 19.2 Å². The van der Waals surface area contributed by atoms with Crippen molar-refractivity contribution in [2.45, 2.75) is 31.9 Å². The van der Waals surface area contributed by atoms with E-state index in [1.54, 1.807) is 0 Å². The largest absolute Gasteiger partial charge is 0.469 e. The molecule has 2 aromatic carbocycles. The molecule has 27 heavy (non-hydrogen) atoms. The number of methoxy groups -OCH3 is 1. The lowest BCUT2D eigenvalue weighted by molar-refractivity contribution is -0.141. The Morgan fingerprint density at radius 3 is 2.56 bits per heavy atom. The van der Waals surface area contributed by atoms with Gasteiger partial charge in [-0.1, -0.05) is 65.3 Å². The predicted octanol–water partition coefficient (Wildman–Crippen LogP) is 3.23. The SMILES string of the molecule is COC(=O)CC(NC(=O)C1=NOC(c2ccccc2)C1)c1ccc(C)cc1. The maximum atomic E-state index is 12.7. The van der Waals surface area contributed by atoms with Crippen molar-refractivity contribution in [1.29, 1.82) is 0 Å². The van der Waals surface area contributed by atoms with Crippen LogP contribution >= 0.6 is 0 Å². The fourth-order valence-corrected chi connectivity index (χ4v) is 2.90. The van der Waals surface area contributed by atoms with Crippen molar-refractivity contribution in [3.8, 4) is 0 Å². The van der Waals surface area contributed by atoms with Gasteiger partial charge in [0.2, 0.25) is 0 Å². The second-order valence-corrected chi connectivity index (χ2v) is 6.46. The number of aryl methyl sites for hydroxylation is 1. The Hall–Kier alpha value is -3.15. The summed E-state index contributed by atoms with van der Waals surface area (Å²) in [5, 5.41) is 6.82. The molecule has 0 saturated carbocycles. The average Bonchev–Trinajstić information content (AvgIpc) is 3.19. The number of hydrogen-bond donors (Lipinski definition) is 1. The number of nitrogens with one attached hydrogen (secondary N) is 1. The molecule has 0 aromatic heterocycles. The van der Waals surface area contributed by atoms with E-state index in [-0.39, 0.29) is 18.4 Å². The first kappa shape index (κ1) is 18.6. The number of carbonyl (C=O) groups is 2. The molecule has 2 atom stereocenters. The molecule has 2 aromatic rings. The molecule has 0 saturated heterocycles. The predicted molar refractivity (Wildman–Crippen MR) is 101 cm³/mol. The summed E-state index contributed by atoms with van der Waals surface area (Å²) in [5.41, 5.74) is 3.21. The highest BCUT2D eigenvalue weighted by Gasteiger charge is 2.29. The third-order valence-corrected chi connectivity index (χ3v) is 4.49. The van der Waals surface area contributed by atoms with Crippen LogP contribution in [0.2, 0.25) is 0 Å². The minimum Gasteiger partial charge on any atom is -0.469 e. The van der Waals surface area contributed by atoms with E-state index in [0.29, 0.717) is 12.1 Å². The van der Waals surface area contributed by atoms with Gasteiger partial charge in [-0.15, -0.1) is 0 Å². The Kier molecular flexibility index (Phi) is 5.86. The molecule has 0 radical (unpaired) electrons. The van der Waals surface area contributed by atoms with Crippen molar-refractivity contribution in [2.75, 3.05) is 7.11 Å². The lowest BCUT2D eigenvalue weighted by Gasteiger charge is -2.18. The first-order valence-corrected chi connectivity index (χ1v) is 8.78. The molecule has 0 spiro atoms. The van der Waals surface area contributed by atoms with E-state index < -0.39 is 12.0 Å². The van der Waals surface area contributed by atoms with Crippen LogP contribution in [-0.2, 0) is 19.2 Å². The number of rotatable bonds is 6. The number of esters is 1. The molecule has 0 fully saturated rings. The average molecular weight is 366 g/mol. The van der Waals surface area contributed by atoms with Crippen LogP contribution in [0.1, 0.15) is 41.7 Å². The van der Waals surface area contributed by atoms with Crippen LogP contribution in [0.3, 0.4) is 0 Å². The second-order valence-electron chi connectivity index (χ2n) is 6.46. The van der Waals surface area contributed by atoms with Crippen molar-refractivity contribution in [3.63, 3.8) is 0 Å². The molecule has 3 rings (SSSR count). The lowest BCUT2D eigenvalue weighted by Crippen LogP contribution is -2.35. The zero-order valence-electron chi connectivity index (χ0n) is 15.3. The number of hydrogen-bond acceptors (Lipinski definition) is 5. The van der Waals surface area contributed by atoms with Crippen LogP contribution in [0.4, 0.5) is 0 Å². The Morgan fingerprint density at radius 2 is 1.89 bits per heavy atom. The molecule has 140 valence electrons. The van der Waals surface area contributed by atoms with E-state index in [2.05, 4.69) is 10.5 Å². The van der Waals surface area contributed by atoms with E-state index in [4.69, 9.17) is 9.57 Å². The minimum absolute atomic E-state index is 0.0432. The topological polar surface area (TPSA) is 77.0 Å². The first-order valence-electron chi connectivity index (χ1n) is 8.78. The van der Waals surface area contributed by atoms with Crippen LogP contribution in [0.15, 0.2) is 59.8 Å². The minimum atomic E-state index is -0.496. The summed E-state index contributed by atoms with van der Waals surface area (Å²) in [7, 11) is 1.33. The third kappa shape index (κ3) is 4.73. The smallest absolute Gasteiger partial charge is 0.307 e. The van der Waals surface area contributed by atoms with Crippen LogP contribution < -0.4 is 5.32 Å². The molecule has 0 bridgehead atoms. The summed E-state index contributed by atoms with van der Waals surface area (Å²) in [6.45, 7) is 1.98. The highest BCUT2D eigenvalue weighted by atomic mass is 16.6. The zero-order chi connectivity index (χ0) is 19.2. The fraction of sp³-hybridized carbons (Fsp3) is 0.286. The molecular weight excluding hydrogens is 344 g/mol. The van der Waals surface area contributed by atoms with E-state index >= 15 is 0 Å². The maximum absolute atomic E-state index is 12.7. The standard InChI is InChI=1S/C21H22N2O4/c1-14-8-10-15(11-9-14)17(13-20(24)26-2)22-21(25)18-12-19(27-23-18)16-6-4-3-5-7-16/h3-11,17,19H,12-13H2,1-2H3,(H,22,25). The van der Waals surface area contributed by atoms with Gasteiger partial charge >= 0.3 is 5.97 Å². The van der Waals surface area contributed by atoms with Crippen LogP contribution in [-0.4, -0.2) is 24.7 Å². The third-order valence-electron chi connectivity index (χ3n) is 4.49. The van der Waals surface area contributed by atoms with Gasteiger partial charge in [-0.3, -0.25) is 9.59 Å². The van der Waals surface area contributed by atoms with Crippen LogP contribution in [0, 0.1) is 6.92 Å². The van der Waals surface area contributed by atoms with Gasteiger partial charge in [-0.05, 0) is 18.1 Å². The number of ether oxygens (including phenoxy) is 1. The van der Waals surface area contributed by atoms with Crippen LogP contribution in [0.25, 0.3) is 0 Å².